The summed E-state index contributed by atoms with van der Waals surface area (Å²) in [5.41, 5.74) is 10.9. The number of nitrogens with two attached hydrogens (primary N) is 2. The van der Waals surface area contributed by atoms with Gasteiger partial charge in [0.1, 0.15) is 12.1 Å². The Bertz CT molecular complexity index is 748. The Morgan fingerprint density at radius 3 is 2.12 bits per heavy atom. The number of ketones is 1. The van der Waals surface area contributed by atoms with Gasteiger partial charge in [0.2, 0.25) is 17.6 Å². The van der Waals surface area contributed by atoms with E-state index in [0.717, 1.165) is 6.21 Å². The van der Waals surface area contributed by atoms with Crippen molar-refractivity contribution >= 4 is 42.5 Å². The monoisotopic (exact) mass is 469 g/mol. The fraction of sp³-hybridized carbons (Fsp3) is 0.667. The average molecular weight is 470 g/mol. The molecular weight excluding hydrogens is 432 g/mol. The second kappa shape index (κ2) is 15.5. The zero-order valence-corrected chi connectivity index (χ0v) is 19.8. The highest BCUT2D eigenvalue weighted by Gasteiger charge is 2.30. The van der Waals surface area contributed by atoms with Gasteiger partial charge in [0, 0.05) is 13.0 Å². The third kappa shape index (κ3) is 13.0. The summed E-state index contributed by atoms with van der Waals surface area (Å²) < 4.78 is 8.57. The maximum Gasteiger partial charge on any atom is 0.334 e. The van der Waals surface area contributed by atoms with Crippen LogP contribution < -0.4 is 32.1 Å². The third-order valence-corrected chi connectivity index (χ3v) is 4.49. The number of hydrogen-bond donors (Lipinski definition) is 5. The number of rotatable bonds is 15. The molecule has 0 radical (unpaired) electrons. The maximum atomic E-state index is 13.0. The molecule has 0 aliphatic rings. The molecule has 0 aromatic carbocycles. The van der Waals surface area contributed by atoms with Crippen LogP contribution in [0.1, 0.15) is 53.4 Å². The van der Waals surface area contributed by atoms with Gasteiger partial charge in [0.05, 0.1) is 12.1 Å². The minimum Gasteiger partial charge on any atom is -0.461 e. The predicted octanol–water partition coefficient (Wildman–Crippen LogP) is -1.47. The molecule has 0 aliphatic carbocycles. The van der Waals surface area contributed by atoms with Crippen molar-refractivity contribution in [2.45, 2.75) is 77.6 Å². The number of urea groups is 1. The van der Waals surface area contributed by atoms with Crippen LogP contribution in [0.3, 0.4) is 0 Å². The number of carbonyl (C=O) groups excluding carboxylic acids is 5. The molecule has 12 heteroatoms. The van der Waals surface area contributed by atoms with E-state index in [1.54, 1.807) is 27.7 Å². The fourth-order valence-electron chi connectivity index (χ4n) is 2.65. The first-order valence-corrected chi connectivity index (χ1v) is 10.8. The van der Waals surface area contributed by atoms with Gasteiger partial charge in [0.15, 0.2) is 0 Å². The molecule has 33 heavy (non-hydrogen) atoms. The van der Waals surface area contributed by atoms with Gasteiger partial charge in [-0.3, -0.25) is 14.4 Å². The molecule has 4 amide bonds. The largest absolute Gasteiger partial charge is 0.461 e. The molecule has 0 fully saturated rings. The average Bonchev–Trinajstić information content (AvgIpc) is 2.71. The maximum absolute atomic E-state index is 13.0. The smallest absolute Gasteiger partial charge is 0.334 e. The van der Waals surface area contributed by atoms with E-state index in [2.05, 4.69) is 27.3 Å². The van der Waals surface area contributed by atoms with E-state index in [-0.39, 0.29) is 37.5 Å². The molecule has 0 unspecified atom stereocenters. The number of hydrogen-bond acceptors (Lipinski definition) is 7. The van der Waals surface area contributed by atoms with Crippen LogP contribution in [0.5, 0.6) is 0 Å². The fourth-order valence-corrected chi connectivity index (χ4v) is 2.65. The number of ether oxygens (including phenoxy) is 1. The summed E-state index contributed by atoms with van der Waals surface area (Å²) in [5.74, 6) is -2.43. The zero-order valence-electron chi connectivity index (χ0n) is 19.8. The van der Waals surface area contributed by atoms with Gasteiger partial charge in [-0.05, 0) is 39.0 Å². The standard InChI is InChI=1S/C21H36N6O6/c1-12(2)17(22)19(30)26-15(7-6-10-25-21(23)32)18(29)27-16(20(31)33-13(3)4)9-8-14(28)11-24-5/h11-13,15-17H,5-10,22H2,1-4H3,(H4-,23,25,26,27,29,30,32)/p+1/t15-,16-,17-/m0/s1. The van der Waals surface area contributed by atoms with Gasteiger partial charge in [-0.1, -0.05) is 13.8 Å². The van der Waals surface area contributed by atoms with E-state index in [9.17, 15) is 24.0 Å². The van der Waals surface area contributed by atoms with Gasteiger partial charge in [-0.15, -0.1) is 4.67 Å². The van der Waals surface area contributed by atoms with Crippen LogP contribution in [-0.4, -0.2) is 73.3 Å². The van der Waals surface area contributed by atoms with Crippen molar-refractivity contribution in [2.24, 2.45) is 17.4 Å². The first-order valence-electron chi connectivity index (χ1n) is 10.8. The Hall–Kier alpha value is -3.24. The molecule has 186 valence electrons. The molecule has 0 saturated heterocycles. The summed E-state index contributed by atoms with van der Waals surface area (Å²) in [7, 11) is 0. The molecule has 0 saturated carbocycles. The van der Waals surface area contributed by atoms with Crippen LogP contribution in [0.4, 0.5) is 4.79 Å². The van der Waals surface area contributed by atoms with E-state index in [4.69, 9.17) is 16.2 Å². The molecule has 0 spiro atoms. The van der Waals surface area contributed by atoms with E-state index < -0.39 is 48.0 Å². The second-order valence-corrected chi connectivity index (χ2v) is 8.13. The summed E-state index contributed by atoms with van der Waals surface area (Å²) in [6.07, 6.45) is 0.939. The number of esters is 1. The zero-order chi connectivity index (χ0) is 25.6. The second-order valence-electron chi connectivity index (χ2n) is 8.13. The minimum absolute atomic E-state index is 0.0302. The van der Waals surface area contributed by atoms with Crippen molar-refractivity contribution in [1.29, 1.82) is 0 Å². The number of Topliss-reactive ketones (excluding diaryl/α,β-unsaturated/α-hetero) is 1. The van der Waals surface area contributed by atoms with Crippen molar-refractivity contribution < 1.29 is 28.7 Å². The lowest BCUT2D eigenvalue weighted by Gasteiger charge is -2.25. The van der Waals surface area contributed by atoms with Crippen LogP contribution >= 0.6 is 0 Å². The van der Waals surface area contributed by atoms with Crippen LogP contribution in [0.25, 0.3) is 0 Å². The summed E-state index contributed by atoms with van der Waals surface area (Å²) in [6, 6.07) is -3.72. The van der Waals surface area contributed by atoms with Crippen molar-refractivity contribution in [1.82, 2.24) is 20.6 Å². The van der Waals surface area contributed by atoms with Crippen LogP contribution in [0.2, 0.25) is 0 Å². The van der Waals surface area contributed by atoms with Crippen LogP contribution in [0.15, 0.2) is 0 Å². The van der Waals surface area contributed by atoms with Crippen molar-refractivity contribution in [3.63, 3.8) is 0 Å². The molecule has 0 aromatic heterocycles. The Kier molecular flexibility index (Phi) is 14.0. The SMILES string of the molecule is C=[N+]=CC(=O)CC[C@H](NC(=O)[C@H](CCCNC(N)=O)NC(=O)[C@@H](N)C(C)C)C(=O)OC(C)C. The highest BCUT2D eigenvalue weighted by Crippen LogP contribution is 2.07. The van der Waals surface area contributed by atoms with Gasteiger partial charge in [-0.25, -0.2) is 9.59 Å². The summed E-state index contributed by atoms with van der Waals surface area (Å²) >= 11 is 0. The van der Waals surface area contributed by atoms with Gasteiger partial charge < -0.3 is 32.2 Å². The number of nitrogens with zero attached hydrogens (tertiary/aromatic N) is 1. The molecule has 0 aromatic rings. The van der Waals surface area contributed by atoms with E-state index >= 15 is 0 Å². The van der Waals surface area contributed by atoms with E-state index in [0.29, 0.717) is 6.42 Å². The summed E-state index contributed by atoms with van der Waals surface area (Å²) in [4.78, 5) is 60.5. The Morgan fingerprint density at radius 2 is 1.61 bits per heavy atom. The molecule has 3 atom stereocenters. The lowest BCUT2D eigenvalue weighted by molar-refractivity contribution is -0.152. The lowest BCUT2D eigenvalue weighted by Crippen LogP contribution is -2.55. The topological polar surface area (TPSA) is 197 Å². The number of primary amides is 1. The molecule has 0 aliphatic heterocycles. The number of carbonyl (C=O) groups is 5. The molecule has 0 heterocycles. The highest BCUT2D eigenvalue weighted by atomic mass is 16.5. The van der Waals surface area contributed by atoms with Crippen LogP contribution in [0, 0.1) is 5.92 Å². The Morgan fingerprint density at radius 1 is 1.00 bits per heavy atom. The first kappa shape index (κ1) is 29.8. The lowest BCUT2D eigenvalue weighted by atomic mass is 10.0. The van der Waals surface area contributed by atoms with Gasteiger partial charge in [-0.2, -0.15) is 0 Å². The van der Waals surface area contributed by atoms with Crippen LogP contribution in [-0.2, 0) is 23.9 Å². The Balaban J connectivity index is 5.45. The number of amides is 4. The minimum atomic E-state index is -1.12. The molecule has 0 rings (SSSR count). The van der Waals surface area contributed by atoms with E-state index in [1.165, 1.54) is 0 Å². The first-order chi connectivity index (χ1) is 15.4. The predicted molar refractivity (Wildman–Crippen MR) is 124 cm³/mol. The normalized spacial score (nSPS) is 13.3. The Labute approximate surface area is 194 Å². The molecule has 7 N–H and O–H groups in total. The van der Waals surface area contributed by atoms with Gasteiger partial charge in [0.25, 0.3) is 6.72 Å². The quantitative estimate of drug-likeness (QED) is 0.0834. The molecule has 12 nitrogen and oxygen atoms in total. The summed E-state index contributed by atoms with van der Waals surface area (Å²) in [6.45, 7) is 10.2. The molecular formula is C21H37N6O6+. The van der Waals surface area contributed by atoms with Crippen molar-refractivity contribution in [2.75, 3.05) is 6.54 Å². The third-order valence-electron chi connectivity index (χ3n) is 4.49. The van der Waals surface area contributed by atoms with E-state index in [1.807, 2.05) is 0 Å². The van der Waals surface area contributed by atoms with Crippen molar-refractivity contribution in [3.05, 3.63) is 0 Å². The summed E-state index contributed by atoms with van der Waals surface area (Å²) in [5, 5.41) is 7.54. The molecule has 0 bridgehead atoms. The van der Waals surface area contributed by atoms with Gasteiger partial charge >= 0.3 is 18.2 Å². The number of nitrogens with one attached hydrogen (secondary N) is 3. The van der Waals surface area contributed by atoms with Crippen molar-refractivity contribution in [3.8, 4) is 0 Å². The highest BCUT2D eigenvalue weighted by molar-refractivity contribution is 6.27.